The van der Waals surface area contributed by atoms with Crippen LogP contribution in [0.15, 0.2) is 24.3 Å². The van der Waals surface area contributed by atoms with E-state index in [4.69, 9.17) is 0 Å². The zero-order valence-electron chi connectivity index (χ0n) is 17.5. The molecule has 30 heavy (non-hydrogen) atoms. The van der Waals surface area contributed by atoms with Gasteiger partial charge in [-0.2, -0.15) is 0 Å². The standard InChI is InChI=1S/C22H31N3O3S2/c1-25-13-11-16(15-25)20-18-9-5-6-10-19(18)29-21(20)22(26)23-12-14-30(27,28)24-17-7-3-2-4-8-17/h5-6,9-10,16-17,24H,2-4,7-8,11-15H2,1H3,(H,23,26)/t16-/m0/s1. The molecule has 2 heterocycles. The molecule has 1 atom stereocenters. The van der Waals surface area contributed by atoms with Gasteiger partial charge in [-0.3, -0.25) is 4.79 Å². The minimum Gasteiger partial charge on any atom is -0.350 e. The van der Waals surface area contributed by atoms with Gasteiger partial charge in [0.25, 0.3) is 5.91 Å². The summed E-state index contributed by atoms with van der Waals surface area (Å²) in [7, 11) is -1.28. The van der Waals surface area contributed by atoms with Gasteiger partial charge in [0.15, 0.2) is 0 Å². The Balaban J connectivity index is 1.43. The Morgan fingerprint density at radius 3 is 2.67 bits per heavy atom. The van der Waals surface area contributed by atoms with E-state index in [1.165, 1.54) is 17.8 Å². The summed E-state index contributed by atoms with van der Waals surface area (Å²) in [6, 6.07) is 8.21. The monoisotopic (exact) mass is 449 g/mol. The van der Waals surface area contributed by atoms with Crippen LogP contribution in [0.1, 0.15) is 59.7 Å². The second-order valence-corrected chi connectivity index (χ2v) is 11.5. The number of likely N-dealkylation sites (tertiary alicyclic amines) is 1. The molecule has 4 rings (SSSR count). The van der Waals surface area contributed by atoms with Gasteiger partial charge in [-0.05, 0) is 49.9 Å². The number of nitrogens with zero attached hydrogens (tertiary/aromatic N) is 1. The fourth-order valence-corrected chi connectivity index (χ4v) is 7.16. The molecule has 8 heteroatoms. The lowest BCUT2D eigenvalue weighted by Gasteiger charge is -2.22. The molecule has 2 aromatic rings. The Labute approximate surface area is 183 Å². The lowest BCUT2D eigenvalue weighted by molar-refractivity contribution is 0.0959. The number of carbonyl (C=O) groups excluding carboxylic acids is 1. The Hall–Kier alpha value is -1.48. The van der Waals surface area contributed by atoms with E-state index in [9.17, 15) is 13.2 Å². The van der Waals surface area contributed by atoms with Crippen molar-refractivity contribution in [3.63, 3.8) is 0 Å². The highest BCUT2D eigenvalue weighted by molar-refractivity contribution is 7.89. The fourth-order valence-electron chi connectivity index (χ4n) is 4.72. The summed E-state index contributed by atoms with van der Waals surface area (Å²) < 4.78 is 28.7. The van der Waals surface area contributed by atoms with Crippen molar-refractivity contribution in [3.05, 3.63) is 34.7 Å². The number of hydrogen-bond acceptors (Lipinski definition) is 5. The summed E-state index contributed by atoms with van der Waals surface area (Å²) in [5.41, 5.74) is 1.13. The van der Waals surface area contributed by atoms with Crippen LogP contribution < -0.4 is 10.0 Å². The van der Waals surface area contributed by atoms with Crippen molar-refractivity contribution in [2.24, 2.45) is 0 Å². The second-order valence-electron chi connectivity index (χ2n) is 8.62. The molecule has 0 unspecified atom stereocenters. The van der Waals surface area contributed by atoms with Gasteiger partial charge in [-0.1, -0.05) is 37.5 Å². The summed E-state index contributed by atoms with van der Waals surface area (Å²) in [4.78, 5) is 16.0. The zero-order chi connectivity index (χ0) is 21.1. The highest BCUT2D eigenvalue weighted by atomic mass is 32.2. The lowest BCUT2D eigenvalue weighted by atomic mass is 9.95. The minimum absolute atomic E-state index is 0.0491. The number of hydrogen-bond donors (Lipinski definition) is 2. The Morgan fingerprint density at radius 2 is 1.93 bits per heavy atom. The lowest BCUT2D eigenvalue weighted by Crippen LogP contribution is -2.40. The van der Waals surface area contributed by atoms with Crippen LogP contribution >= 0.6 is 11.3 Å². The van der Waals surface area contributed by atoms with Gasteiger partial charge < -0.3 is 10.2 Å². The van der Waals surface area contributed by atoms with Gasteiger partial charge in [0.1, 0.15) is 0 Å². The van der Waals surface area contributed by atoms with Crippen molar-refractivity contribution in [1.82, 2.24) is 14.9 Å². The maximum absolute atomic E-state index is 13.0. The van der Waals surface area contributed by atoms with Crippen LogP contribution in [0, 0.1) is 0 Å². The molecule has 1 saturated carbocycles. The number of fused-ring (bicyclic) bond motifs is 1. The third kappa shape index (κ3) is 5.04. The minimum atomic E-state index is -3.38. The molecule has 0 radical (unpaired) electrons. The number of amides is 1. The van der Waals surface area contributed by atoms with E-state index in [0.29, 0.717) is 5.92 Å². The van der Waals surface area contributed by atoms with E-state index >= 15 is 0 Å². The summed E-state index contributed by atoms with van der Waals surface area (Å²) in [6.45, 7) is 2.10. The van der Waals surface area contributed by atoms with Crippen LogP contribution in [0.2, 0.25) is 0 Å². The summed E-state index contributed by atoms with van der Waals surface area (Å²) in [5.74, 6) is 0.0963. The van der Waals surface area contributed by atoms with E-state index in [1.807, 2.05) is 12.1 Å². The van der Waals surface area contributed by atoms with Gasteiger partial charge in [-0.15, -0.1) is 11.3 Å². The average Bonchev–Trinajstić information content (AvgIpc) is 3.31. The molecule has 1 aromatic heterocycles. The molecule has 0 spiro atoms. The maximum Gasteiger partial charge on any atom is 0.261 e. The van der Waals surface area contributed by atoms with Crippen molar-refractivity contribution >= 4 is 37.4 Å². The average molecular weight is 450 g/mol. The first-order chi connectivity index (χ1) is 14.4. The highest BCUT2D eigenvalue weighted by Gasteiger charge is 2.29. The predicted octanol–water partition coefficient (Wildman–Crippen LogP) is 3.30. The van der Waals surface area contributed by atoms with Gasteiger partial charge in [0, 0.05) is 29.7 Å². The van der Waals surface area contributed by atoms with Crippen LogP contribution in [-0.4, -0.2) is 57.7 Å². The largest absolute Gasteiger partial charge is 0.350 e. The van der Waals surface area contributed by atoms with Crippen molar-refractivity contribution in [2.75, 3.05) is 32.4 Å². The Bertz CT molecular complexity index is 996. The number of benzene rings is 1. The predicted molar refractivity (Wildman–Crippen MR) is 123 cm³/mol. The molecule has 1 aliphatic carbocycles. The third-order valence-corrected chi connectivity index (χ3v) is 8.87. The van der Waals surface area contributed by atoms with E-state index < -0.39 is 10.0 Å². The highest BCUT2D eigenvalue weighted by Crippen LogP contribution is 2.39. The molecular weight excluding hydrogens is 418 g/mol. The molecule has 1 aliphatic heterocycles. The van der Waals surface area contributed by atoms with E-state index in [0.717, 1.165) is 65.7 Å². The molecule has 6 nitrogen and oxygen atoms in total. The quantitative estimate of drug-likeness (QED) is 0.680. The summed E-state index contributed by atoms with van der Waals surface area (Å²) >= 11 is 1.51. The maximum atomic E-state index is 13.0. The van der Waals surface area contributed by atoms with Crippen molar-refractivity contribution in [1.29, 1.82) is 0 Å². The molecule has 2 N–H and O–H groups in total. The van der Waals surface area contributed by atoms with Crippen LogP contribution in [0.3, 0.4) is 0 Å². The van der Waals surface area contributed by atoms with Gasteiger partial charge >= 0.3 is 0 Å². The summed E-state index contributed by atoms with van der Waals surface area (Å²) in [5, 5.41) is 4.02. The van der Waals surface area contributed by atoms with Crippen molar-refractivity contribution in [3.8, 4) is 0 Å². The summed E-state index contributed by atoms with van der Waals surface area (Å²) in [6.07, 6.45) is 6.20. The van der Waals surface area contributed by atoms with E-state index in [-0.39, 0.29) is 24.2 Å². The van der Waals surface area contributed by atoms with E-state index in [1.54, 1.807) is 0 Å². The smallest absolute Gasteiger partial charge is 0.261 e. The number of thiophene rings is 1. The van der Waals surface area contributed by atoms with Crippen LogP contribution in [0.4, 0.5) is 0 Å². The van der Waals surface area contributed by atoms with Crippen LogP contribution in [0.25, 0.3) is 10.1 Å². The van der Waals surface area contributed by atoms with E-state index in [2.05, 4.69) is 34.1 Å². The second kappa shape index (κ2) is 9.34. The number of sulfonamides is 1. The Kier molecular flexibility index (Phi) is 6.77. The molecule has 1 amide bonds. The van der Waals surface area contributed by atoms with Crippen LogP contribution in [-0.2, 0) is 10.0 Å². The topological polar surface area (TPSA) is 78.5 Å². The van der Waals surface area contributed by atoms with Crippen LogP contribution in [0.5, 0.6) is 0 Å². The molecule has 1 aromatic carbocycles. The first-order valence-electron chi connectivity index (χ1n) is 10.9. The molecule has 0 bridgehead atoms. The molecular formula is C22H31N3O3S2. The number of likely N-dealkylation sites (N-methyl/N-ethyl adjacent to an activating group) is 1. The number of rotatable bonds is 7. The van der Waals surface area contributed by atoms with Crippen molar-refractivity contribution in [2.45, 2.75) is 50.5 Å². The molecule has 164 valence electrons. The first kappa shape index (κ1) is 21.7. The Morgan fingerprint density at radius 1 is 1.17 bits per heavy atom. The number of carbonyl (C=O) groups is 1. The number of nitrogens with one attached hydrogen (secondary N) is 2. The van der Waals surface area contributed by atoms with Gasteiger partial charge in [0.2, 0.25) is 10.0 Å². The van der Waals surface area contributed by atoms with Gasteiger partial charge in [0.05, 0.1) is 10.6 Å². The van der Waals surface area contributed by atoms with Gasteiger partial charge in [-0.25, -0.2) is 13.1 Å². The zero-order valence-corrected chi connectivity index (χ0v) is 19.2. The molecule has 1 saturated heterocycles. The third-order valence-electron chi connectivity index (χ3n) is 6.25. The SMILES string of the molecule is CN1CC[C@H](c2c(C(=O)NCCS(=O)(=O)NC3CCCCC3)sc3ccccc23)C1. The first-order valence-corrected chi connectivity index (χ1v) is 13.4. The fraction of sp³-hybridized carbons (Fsp3) is 0.591. The molecule has 2 aliphatic rings. The van der Waals surface area contributed by atoms with Crippen molar-refractivity contribution < 1.29 is 13.2 Å². The molecule has 2 fully saturated rings. The normalized spacial score (nSPS) is 21.3.